The number of allylic oxidation sites excluding steroid dienone is 2. The first-order valence-corrected chi connectivity index (χ1v) is 5.69. The van der Waals surface area contributed by atoms with Gasteiger partial charge in [0.2, 0.25) is 0 Å². The van der Waals surface area contributed by atoms with E-state index in [4.69, 9.17) is 0 Å². The van der Waals surface area contributed by atoms with E-state index in [9.17, 15) is 4.79 Å². The molecule has 80 valence electrons. The molecule has 1 heteroatoms. The summed E-state index contributed by atoms with van der Waals surface area (Å²) in [7, 11) is 0. The van der Waals surface area contributed by atoms with Gasteiger partial charge in [0.15, 0.2) is 0 Å². The van der Waals surface area contributed by atoms with Crippen molar-refractivity contribution >= 4 is 5.78 Å². The van der Waals surface area contributed by atoms with Crippen LogP contribution in [-0.2, 0) is 4.79 Å². The summed E-state index contributed by atoms with van der Waals surface area (Å²) >= 11 is 0. The maximum absolute atomic E-state index is 11.1. The minimum Gasteiger partial charge on any atom is -0.300 e. The lowest BCUT2D eigenvalue weighted by atomic mass is 9.76. The second-order valence-electron chi connectivity index (χ2n) is 5.02. The van der Waals surface area contributed by atoms with Gasteiger partial charge in [-0.25, -0.2) is 0 Å². The molecule has 0 radical (unpaired) electrons. The third-order valence-corrected chi connectivity index (χ3v) is 3.35. The first-order valence-electron chi connectivity index (χ1n) is 5.69. The molecule has 0 heterocycles. The summed E-state index contributed by atoms with van der Waals surface area (Å²) in [6.07, 6.45) is 5.45. The number of hydrogen-bond acceptors (Lipinski definition) is 1. The Bertz CT molecular complexity index is 238. The number of Topliss-reactive ketones (excluding diaryl/α,β-unsaturated/α-hetero) is 1. The second-order valence-corrected chi connectivity index (χ2v) is 5.02. The normalized spacial score (nSPS) is 27.6. The molecule has 0 spiro atoms. The van der Waals surface area contributed by atoms with Crippen LogP contribution in [0.3, 0.4) is 0 Å². The fourth-order valence-corrected chi connectivity index (χ4v) is 2.23. The molecule has 0 N–H and O–H groups in total. The van der Waals surface area contributed by atoms with Gasteiger partial charge in [0, 0.05) is 6.42 Å². The third kappa shape index (κ3) is 2.97. The molecule has 1 aliphatic carbocycles. The summed E-state index contributed by atoms with van der Waals surface area (Å²) in [5.74, 6) is 2.26. The molecule has 0 amide bonds. The fourth-order valence-electron chi connectivity index (χ4n) is 2.23. The predicted octanol–water partition coefficient (Wildman–Crippen LogP) is 3.59. The zero-order valence-corrected chi connectivity index (χ0v) is 9.84. The Morgan fingerprint density at radius 2 is 2.21 bits per heavy atom. The quantitative estimate of drug-likeness (QED) is 0.627. The van der Waals surface area contributed by atoms with Crippen molar-refractivity contribution in [3.63, 3.8) is 0 Å². The summed E-state index contributed by atoms with van der Waals surface area (Å²) < 4.78 is 0. The van der Waals surface area contributed by atoms with E-state index in [0.29, 0.717) is 23.5 Å². The van der Waals surface area contributed by atoms with Gasteiger partial charge in [-0.05, 0) is 37.5 Å². The summed E-state index contributed by atoms with van der Waals surface area (Å²) in [5, 5.41) is 0. The molecule has 1 nitrogen and oxygen atoms in total. The van der Waals surface area contributed by atoms with Crippen molar-refractivity contribution < 1.29 is 4.79 Å². The Hall–Kier alpha value is -0.590. The highest BCUT2D eigenvalue weighted by atomic mass is 16.1. The van der Waals surface area contributed by atoms with Crippen LogP contribution >= 0.6 is 0 Å². The number of hydrogen-bond donors (Lipinski definition) is 0. The van der Waals surface area contributed by atoms with Crippen molar-refractivity contribution in [2.45, 2.75) is 47.0 Å². The minimum atomic E-state index is 0.340. The van der Waals surface area contributed by atoms with Gasteiger partial charge < -0.3 is 4.79 Å². The van der Waals surface area contributed by atoms with Crippen molar-refractivity contribution in [3.05, 3.63) is 11.6 Å². The Kier molecular flexibility index (Phi) is 3.91. The smallest absolute Gasteiger partial charge is 0.130 e. The van der Waals surface area contributed by atoms with Gasteiger partial charge >= 0.3 is 0 Å². The van der Waals surface area contributed by atoms with Crippen LogP contribution in [0.15, 0.2) is 11.6 Å². The number of carbonyl (C=O) groups excluding carboxylic acids is 1. The first kappa shape index (κ1) is 11.5. The summed E-state index contributed by atoms with van der Waals surface area (Å²) in [5.41, 5.74) is 1.55. The van der Waals surface area contributed by atoms with Crippen LogP contribution in [0.1, 0.15) is 47.0 Å². The average molecular weight is 194 g/mol. The predicted molar refractivity (Wildman–Crippen MR) is 60.1 cm³/mol. The van der Waals surface area contributed by atoms with Crippen LogP contribution in [-0.4, -0.2) is 5.78 Å². The second kappa shape index (κ2) is 4.77. The monoisotopic (exact) mass is 194 g/mol. The number of carbonyl (C=O) groups is 1. The topological polar surface area (TPSA) is 17.1 Å². The van der Waals surface area contributed by atoms with E-state index < -0.39 is 0 Å². The van der Waals surface area contributed by atoms with E-state index in [1.54, 1.807) is 12.5 Å². The van der Waals surface area contributed by atoms with Crippen molar-refractivity contribution in [2.75, 3.05) is 0 Å². The van der Waals surface area contributed by atoms with Gasteiger partial charge in [-0.1, -0.05) is 32.4 Å². The van der Waals surface area contributed by atoms with Crippen molar-refractivity contribution in [2.24, 2.45) is 17.8 Å². The molecule has 2 unspecified atom stereocenters. The summed E-state index contributed by atoms with van der Waals surface area (Å²) in [4.78, 5) is 11.1. The van der Waals surface area contributed by atoms with Gasteiger partial charge in [0.1, 0.15) is 5.78 Å². The van der Waals surface area contributed by atoms with E-state index in [1.165, 1.54) is 0 Å². The van der Waals surface area contributed by atoms with Crippen molar-refractivity contribution in [1.82, 2.24) is 0 Å². The molecule has 0 aromatic carbocycles. The van der Waals surface area contributed by atoms with Crippen LogP contribution in [0.25, 0.3) is 0 Å². The maximum Gasteiger partial charge on any atom is 0.130 e. The molecule has 2 atom stereocenters. The largest absolute Gasteiger partial charge is 0.300 e. The lowest BCUT2D eigenvalue weighted by Gasteiger charge is -2.29. The zero-order valence-electron chi connectivity index (χ0n) is 9.84. The van der Waals surface area contributed by atoms with Crippen molar-refractivity contribution in [1.29, 1.82) is 0 Å². The standard InChI is InChI=1S/C13H22O/c1-9(2)12-6-5-10(3)13(8-12)7-11(4)14/h6,9-10,13H,5,7-8H2,1-4H3. The minimum absolute atomic E-state index is 0.340. The zero-order chi connectivity index (χ0) is 10.7. The highest BCUT2D eigenvalue weighted by Crippen LogP contribution is 2.34. The molecule has 0 aliphatic heterocycles. The lowest BCUT2D eigenvalue weighted by molar-refractivity contribution is -0.118. The molecule has 0 saturated heterocycles. The molecule has 1 rings (SSSR count). The maximum atomic E-state index is 11.1. The van der Waals surface area contributed by atoms with Gasteiger partial charge in [-0.15, -0.1) is 0 Å². The van der Waals surface area contributed by atoms with E-state index >= 15 is 0 Å². The molecular formula is C13H22O. The molecule has 0 saturated carbocycles. The highest BCUT2D eigenvalue weighted by Gasteiger charge is 2.24. The molecule has 0 aromatic heterocycles. The van der Waals surface area contributed by atoms with E-state index in [1.807, 2.05) is 0 Å². The fraction of sp³-hybridized carbons (Fsp3) is 0.769. The molecule has 0 aromatic rings. The van der Waals surface area contributed by atoms with Crippen LogP contribution in [0.5, 0.6) is 0 Å². The molecular weight excluding hydrogens is 172 g/mol. The molecule has 1 aliphatic rings. The van der Waals surface area contributed by atoms with E-state index in [0.717, 1.165) is 19.3 Å². The third-order valence-electron chi connectivity index (χ3n) is 3.35. The summed E-state index contributed by atoms with van der Waals surface area (Å²) in [6, 6.07) is 0. The first-order chi connectivity index (χ1) is 6.50. The lowest BCUT2D eigenvalue weighted by Crippen LogP contribution is -2.20. The van der Waals surface area contributed by atoms with Crippen LogP contribution in [0, 0.1) is 17.8 Å². The Labute approximate surface area is 87.6 Å². The number of ketones is 1. The van der Waals surface area contributed by atoms with Crippen molar-refractivity contribution in [3.8, 4) is 0 Å². The molecule has 0 bridgehead atoms. The molecule has 14 heavy (non-hydrogen) atoms. The van der Waals surface area contributed by atoms with E-state index in [2.05, 4.69) is 26.8 Å². The Morgan fingerprint density at radius 1 is 1.57 bits per heavy atom. The van der Waals surface area contributed by atoms with Crippen LogP contribution < -0.4 is 0 Å². The Morgan fingerprint density at radius 3 is 2.71 bits per heavy atom. The summed E-state index contributed by atoms with van der Waals surface area (Å²) in [6.45, 7) is 8.46. The van der Waals surface area contributed by atoms with Gasteiger partial charge in [-0.2, -0.15) is 0 Å². The highest BCUT2D eigenvalue weighted by molar-refractivity contribution is 5.75. The number of rotatable bonds is 3. The molecule has 0 fully saturated rings. The Balaban J connectivity index is 2.62. The van der Waals surface area contributed by atoms with Gasteiger partial charge in [0.05, 0.1) is 0 Å². The van der Waals surface area contributed by atoms with Gasteiger partial charge in [-0.3, -0.25) is 0 Å². The SMILES string of the molecule is CC(=O)CC1CC(C(C)C)=CCC1C. The van der Waals surface area contributed by atoms with E-state index in [-0.39, 0.29) is 0 Å². The average Bonchev–Trinajstić information content (AvgIpc) is 2.07. The van der Waals surface area contributed by atoms with Crippen LogP contribution in [0.4, 0.5) is 0 Å². The van der Waals surface area contributed by atoms with Gasteiger partial charge in [0.25, 0.3) is 0 Å². The van der Waals surface area contributed by atoms with Crippen LogP contribution in [0.2, 0.25) is 0 Å².